The molecular weight excluding hydrogens is 259 g/mol. The Bertz CT molecular complexity index is 412. The second kappa shape index (κ2) is 5.44. The second-order valence-corrected chi connectivity index (χ2v) is 5.19. The van der Waals surface area contributed by atoms with Crippen molar-refractivity contribution in [3.8, 4) is 5.75 Å². The highest BCUT2D eigenvalue weighted by Gasteiger charge is 2.26. The maximum Gasteiger partial charge on any atom is 0.120 e. The van der Waals surface area contributed by atoms with E-state index in [4.69, 9.17) is 28.9 Å². The molecule has 0 spiro atoms. The zero-order valence-electron chi connectivity index (χ0n) is 9.42. The van der Waals surface area contributed by atoms with Crippen molar-refractivity contribution >= 4 is 23.2 Å². The van der Waals surface area contributed by atoms with Crippen molar-refractivity contribution in [2.75, 3.05) is 13.1 Å². The SMILES string of the molecule is NC[C@H]1C[C@@H](c2c(O)ccc(Cl)c2Cl)CCN1. The van der Waals surface area contributed by atoms with Gasteiger partial charge in [-0.15, -0.1) is 0 Å². The predicted octanol–water partition coefficient (Wildman–Crippen LogP) is 2.49. The number of phenolic OH excluding ortho intramolecular Hbond substituents is 1. The minimum atomic E-state index is 0.219. The van der Waals surface area contributed by atoms with E-state index in [-0.39, 0.29) is 17.7 Å². The van der Waals surface area contributed by atoms with Crippen LogP contribution in [0.5, 0.6) is 5.75 Å². The summed E-state index contributed by atoms with van der Waals surface area (Å²) in [5.41, 5.74) is 6.43. The zero-order valence-corrected chi connectivity index (χ0v) is 10.9. The van der Waals surface area contributed by atoms with Crippen molar-refractivity contribution < 1.29 is 5.11 Å². The minimum Gasteiger partial charge on any atom is -0.508 e. The van der Waals surface area contributed by atoms with Gasteiger partial charge in [0.25, 0.3) is 0 Å². The van der Waals surface area contributed by atoms with Crippen molar-refractivity contribution in [3.05, 3.63) is 27.7 Å². The van der Waals surface area contributed by atoms with Gasteiger partial charge in [-0.1, -0.05) is 23.2 Å². The van der Waals surface area contributed by atoms with E-state index in [1.807, 2.05) is 0 Å². The smallest absolute Gasteiger partial charge is 0.120 e. The molecule has 1 aromatic rings. The summed E-state index contributed by atoms with van der Waals surface area (Å²) >= 11 is 12.2. The summed E-state index contributed by atoms with van der Waals surface area (Å²) in [5, 5.41) is 14.2. The molecule has 0 radical (unpaired) electrons. The zero-order chi connectivity index (χ0) is 12.4. The van der Waals surface area contributed by atoms with Crippen LogP contribution in [0.2, 0.25) is 10.0 Å². The molecule has 1 heterocycles. The Morgan fingerprint density at radius 1 is 1.41 bits per heavy atom. The van der Waals surface area contributed by atoms with E-state index in [2.05, 4.69) is 5.32 Å². The molecule has 94 valence electrons. The summed E-state index contributed by atoms with van der Waals surface area (Å²) in [6, 6.07) is 3.50. The molecule has 1 aliphatic rings. The molecule has 0 amide bonds. The number of hydrogen-bond donors (Lipinski definition) is 3. The average molecular weight is 275 g/mol. The number of halogens is 2. The van der Waals surface area contributed by atoms with E-state index in [0.29, 0.717) is 16.6 Å². The lowest BCUT2D eigenvalue weighted by molar-refractivity contribution is 0.358. The molecule has 1 fully saturated rings. The largest absolute Gasteiger partial charge is 0.508 e. The number of piperidine rings is 1. The molecule has 2 atom stereocenters. The summed E-state index contributed by atoms with van der Waals surface area (Å²) < 4.78 is 0. The summed E-state index contributed by atoms with van der Waals surface area (Å²) in [6.45, 7) is 1.48. The first-order valence-electron chi connectivity index (χ1n) is 5.73. The predicted molar refractivity (Wildman–Crippen MR) is 70.9 cm³/mol. The van der Waals surface area contributed by atoms with E-state index in [1.54, 1.807) is 12.1 Å². The molecule has 17 heavy (non-hydrogen) atoms. The van der Waals surface area contributed by atoms with Crippen LogP contribution < -0.4 is 11.1 Å². The number of nitrogens with one attached hydrogen (secondary N) is 1. The van der Waals surface area contributed by atoms with Gasteiger partial charge in [-0.2, -0.15) is 0 Å². The fraction of sp³-hybridized carbons (Fsp3) is 0.500. The number of aromatic hydroxyl groups is 1. The molecule has 1 aromatic carbocycles. The quantitative estimate of drug-likeness (QED) is 0.777. The monoisotopic (exact) mass is 274 g/mol. The highest BCUT2D eigenvalue weighted by Crippen LogP contribution is 2.41. The number of hydrogen-bond acceptors (Lipinski definition) is 3. The molecule has 1 saturated heterocycles. The topological polar surface area (TPSA) is 58.3 Å². The van der Waals surface area contributed by atoms with Crippen LogP contribution in [0.15, 0.2) is 12.1 Å². The molecule has 5 heteroatoms. The molecule has 2 rings (SSSR count). The van der Waals surface area contributed by atoms with Gasteiger partial charge in [0, 0.05) is 18.2 Å². The highest BCUT2D eigenvalue weighted by atomic mass is 35.5. The van der Waals surface area contributed by atoms with Crippen LogP contribution in [0, 0.1) is 0 Å². The minimum absolute atomic E-state index is 0.219. The van der Waals surface area contributed by atoms with Gasteiger partial charge in [0.2, 0.25) is 0 Å². The van der Waals surface area contributed by atoms with Gasteiger partial charge in [-0.3, -0.25) is 0 Å². The van der Waals surface area contributed by atoms with Crippen molar-refractivity contribution in [3.63, 3.8) is 0 Å². The summed E-state index contributed by atoms with van der Waals surface area (Å²) in [7, 11) is 0. The lowest BCUT2D eigenvalue weighted by Gasteiger charge is -2.30. The van der Waals surface area contributed by atoms with Crippen LogP contribution in [-0.2, 0) is 0 Å². The first-order chi connectivity index (χ1) is 8.13. The van der Waals surface area contributed by atoms with E-state index in [1.165, 1.54) is 0 Å². The van der Waals surface area contributed by atoms with Gasteiger partial charge in [-0.05, 0) is 37.4 Å². The average Bonchev–Trinajstić information content (AvgIpc) is 2.35. The molecular formula is C12H16Cl2N2O. The maximum absolute atomic E-state index is 9.93. The Labute approximate surface area is 111 Å². The molecule has 1 aliphatic heterocycles. The van der Waals surface area contributed by atoms with Crippen LogP contribution in [0.3, 0.4) is 0 Å². The van der Waals surface area contributed by atoms with E-state index in [0.717, 1.165) is 24.9 Å². The van der Waals surface area contributed by atoms with Crippen LogP contribution >= 0.6 is 23.2 Å². The molecule has 0 aromatic heterocycles. The van der Waals surface area contributed by atoms with Gasteiger partial charge in [0.1, 0.15) is 5.75 Å². The number of nitrogens with two attached hydrogens (primary N) is 1. The lowest BCUT2D eigenvalue weighted by atomic mass is 9.86. The summed E-state index contributed by atoms with van der Waals surface area (Å²) in [4.78, 5) is 0. The van der Waals surface area contributed by atoms with Crippen LogP contribution in [-0.4, -0.2) is 24.2 Å². The Morgan fingerprint density at radius 2 is 2.18 bits per heavy atom. The van der Waals surface area contributed by atoms with Gasteiger partial charge in [-0.25, -0.2) is 0 Å². The number of benzene rings is 1. The second-order valence-electron chi connectivity index (χ2n) is 4.40. The van der Waals surface area contributed by atoms with E-state index >= 15 is 0 Å². The van der Waals surface area contributed by atoms with Crippen molar-refractivity contribution in [1.29, 1.82) is 0 Å². The Hall–Kier alpha value is -0.480. The highest BCUT2D eigenvalue weighted by molar-refractivity contribution is 6.42. The molecule has 0 bridgehead atoms. The Kier molecular flexibility index (Phi) is 4.15. The van der Waals surface area contributed by atoms with Gasteiger partial charge >= 0.3 is 0 Å². The number of phenols is 1. The third kappa shape index (κ3) is 2.68. The van der Waals surface area contributed by atoms with Gasteiger partial charge < -0.3 is 16.2 Å². The molecule has 0 unspecified atom stereocenters. The normalized spacial score (nSPS) is 24.9. The number of rotatable bonds is 2. The fourth-order valence-electron chi connectivity index (χ4n) is 2.39. The van der Waals surface area contributed by atoms with E-state index in [9.17, 15) is 5.11 Å². The van der Waals surface area contributed by atoms with E-state index < -0.39 is 0 Å². The van der Waals surface area contributed by atoms with Crippen molar-refractivity contribution in [2.45, 2.75) is 24.8 Å². The summed E-state index contributed by atoms with van der Waals surface area (Å²) in [5.74, 6) is 0.443. The van der Waals surface area contributed by atoms with Crippen molar-refractivity contribution in [1.82, 2.24) is 5.32 Å². The maximum atomic E-state index is 9.93. The summed E-state index contributed by atoms with van der Waals surface area (Å²) in [6.07, 6.45) is 1.81. The lowest BCUT2D eigenvalue weighted by Crippen LogP contribution is -2.42. The molecule has 0 aliphatic carbocycles. The van der Waals surface area contributed by atoms with Gasteiger partial charge in [0.15, 0.2) is 0 Å². The third-order valence-electron chi connectivity index (χ3n) is 3.30. The van der Waals surface area contributed by atoms with Gasteiger partial charge in [0.05, 0.1) is 10.0 Å². The molecule has 0 saturated carbocycles. The first-order valence-corrected chi connectivity index (χ1v) is 6.49. The van der Waals surface area contributed by atoms with Crippen LogP contribution in [0.1, 0.15) is 24.3 Å². The van der Waals surface area contributed by atoms with Crippen LogP contribution in [0.25, 0.3) is 0 Å². The third-order valence-corrected chi connectivity index (χ3v) is 4.12. The van der Waals surface area contributed by atoms with Crippen LogP contribution in [0.4, 0.5) is 0 Å². The standard InChI is InChI=1S/C12H16Cl2N2O/c13-9-1-2-10(17)11(12(9)14)7-3-4-16-8(5-7)6-15/h1-2,7-8,16-17H,3-6,15H2/t7-,8+/m0/s1. The Morgan fingerprint density at radius 3 is 2.88 bits per heavy atom. The molecule has 4 N–H and O–H groups in total. The molecule has 3 nitrogen and oxygen atoms in total. The van der Waals surface area contributed by atoms with Crippen molar-refractivity contribution in [2.24, 2.45) is 5.73 Å². The fourth-order valence-corrected chi connectivity index (χ4v) is 2.87. The first kappa shape index (κ1) is 13.0. The Balaban J connectivity index is 2.30.